The summed E-state index contributed by atoms with van der Waals surface area (Å²) in [5, 5.41) is 0. The number of hydrogen-bond donors (Lipinski definition) is 1. The van der Waals surface area contributed by atoms with Crippen molar-refractivity contribution in [3.05, 3.63) is 18.0 Å². The Morgan fingerprint density at radius 1 is 1.64 bits per heavy atom. The summed E-state index contributed by atoms with van der Waals surface area (Å²) in [5.41, 5.74) is 6.35. The molecule has 2 N–H and O–H groups in total. The Balaban J connectivity index is 3.03. The fourth-order valence-corrected chi connectivity index (χ4v) is 0.885. The van der Waals surface area contributed by atoms with Crippen LogP contribution in [0.25, 0.3) is 0 Å². The van der Waals surface area contributed by atoms with Gasteiger partial charge in [0, 0.05) is 19.4 Å². The number of nitrogens with zero attached hydrogens (tertiary/aromatic N) is 1. The maximum Gasteiger partial charge on any atom is 0.341 e. The van der Waals surface area contributed by atoms with Crippen molar-refractivity contribution in [1.29, 1.82) is 0 Å². The Kier molecular flexibility index (Phi) is 1.85. The molecule has 4 heteroatoms. The third-order valence-corrected chi connectivity index (χ3v) is 1.39. The monoisotopic (exact) mass is 154 g/mol. The average molecular weight is 154 g/mol. The van der Waals surface area contributed by atoms with Crippen molar-refractivity contribution in [1.82, 2.24) is 4.57 Å². The maximum atomic E-state index is 10.9. The summed E-state index contributed by atoms with van der Waals surface area (Å²) in [6.07, 6.45) is 3.29. The summed E-state index contributed by atoms with van der Waals surface area (Å²) < 4.78 is 6.21. The Bertz CT molecular complexity index is 278. The van der Waals surface area contributed by atoms with Gasteiger partial charge in [0.2, 0.25) is 0 Å². The quantitative estimate of drug-likeness (QED) is 0.595. The van der Waals surface area contributed by atoms with Crippen LogP contribution in [0.5, 0.6) is 0 Å². The molecule has 0 aliphatic heterocycles. The SMILES string of the molecule is COC(=O)c1cn(C)cc1N. The Labute approximate surface area is 64.6 Å². The summed E-state index contributed by atoms with van der Waals surface area (Å²) in [5.74, 6) is -0.400. The van der Waals surface area contributed by atoms with Crippen LogP contribution in [-0.4, -0.2) is 17.6 Å². The second-order valence-corrected chi connectivity index (χ2v) is 2.28. The molecule has 0 saturated carbocycles. The summed E-state index contributed by atoms with van der Waals surface area (Å²) in [7, 11) is 3.12. The van der Waals surface area contributed by atoms with E-state index in [0.717, 1.165) is 0 Å². The van der Waals surface area contributed by atoms with E-state index in [2.05, 4.69) is 4.74 Å². The fraction of sp³-hybridized carbons (Fsp3) is 0.286. The number of aryl methyl sites for hydroxylation is 1. The smallest absolute Gasteiger partial charge is 0.341 e. The Morgan fingerprint density at radius 3 is 2.64 bits per heavy atom. The molecule has 4 nitrogen and oxygen atoms in total. The van der Waals surface area contributed by atoms with Crippen LogP contribution < -0.4 is 5.73 Å². The van der Waals surface area contributed by atoms with Gasteiger partial charge in [0.05, 0.1) is 12.8 Å². The van der Waals surface area contributed by atoms with E-state index in [0.29, 0.717) is 11.3 Å². The Morgan fingerprint density at radius 2 is 2.27 bits per heavy atom. The van der Waals surface area contributed by atoms with Crippen LogP contribution in [0.15, 0.2) is 12.4 Å². The van der Waals surface area contributed by atoms with Crippen molar-refractivity contribution in [2.24, 2.45) is 7.05 Å². The molecule has 0 amide bonds. The third-order valence-electron chi connectivity index (χ3n) is 1.39. The molecule has 1 heterocycles. The molecule has 0 atom stereocenters. The third kappa shape index (κ3) is 1.34. The lowest BCUT2D eigenvalue weighted by Crippen LogP contribution is -2.02. The predicted octanol–water partition coefficient (Wildman–Crippen LogP) is 0.394. The molecule has 0 aliphatic carbocycles. The molecule has 0 aromatic carbocycles. The number of rotatable bonds is 1. The van der Waals surface area contributed by atoms with Crippen LogP contribution in [0.1, 0.15) is 10.4 Å². The number of esters is 1. The number of ether oxygens (including phenoxy) is 1. The highest BCUT2D eigenvalue weighted by Crippen LogP contribution is 2.12. The minimum atomic E-state index is -0.400. The first-order chi connectivity index (χ1) is 5.15. The van der Waals surface area contributed by atoms with Gasteiger partial charge in [-0.25, -0.2) is 4.79 Å². The number of nitrogen functional groups attached to an aromatic ring is 1. The summed E-state index contributed by atoms with van der Waals surface area (Å²) in [6, 6.07) is 0. The van der Waals surface area contributed by atoms with Crippen molar-refractivity contribution < 1.29 is 9.53 Å². The van der Waals surface area contributed by atoms with Gasteiger partial charge < -0.3 is 15.0 Å². The fourth-order valence-electron chi connectivity index (χ4n) is 0.885. The molecule has 60 valence electrons. The van der Waals surface area contributed by atoms with E-state index in [1.54, 1.807) is 24.0 Å². The van der Waals surface area contributed by atoms with Crippen LogP contribution in [0, 0.1) is 0 Å². The van der Waals surface area contributed by atoms with E-state index >= 15 is 0 Å². The number of methoxy groups -OCH3 is 1. The summed E-state index contributed by atoms with van der Waals surface area (Å²) in [6.45, 7) is 0. The molecule has 1 aromatic rings. The van der Waals surface area contributed by atoms with E-state index < -0.39 is 5.97 Å². The van der Waals surface area contributed by atoms with Gasteiger partial charge in [0.1, 0.15) is 5.56 Å². The first-order valence-electron chi connectivity index (χ1n) is 3.15. The highest BCUT2D eigenvalue weighted by Gasteiger charge is 2.10. The topological polar surface area (TPSA) is 57.2 Å². The zero-order valence-corrected chi connectivity index (χ0v) is 6.50. The molecular weight excluding hydrogens is 144 g/mol. The number of carbonyl (C=O) groups is 1. The number of anilines is 1. The van der Waals surface area contributed by atoms with Gasteiger partial charge >= 0.3 is 5.97 Å². The van der Waals surface area contributed by atoms with Gasteiger partial charge in [0.25, 0.3) is 0 Å². The Hall–Kier alpha value is -1.45. The lowest BCUT2D eigenvalue weighted by atomic mass is 10.3. The number of aromatic nitrogens is 1. The first kappa shape index (κ1) is 7.65. The normalized spacial score (nSPS) is 9.64. The largest absolute Gasteiger partial charge is 0.465 e. The van der Waals surface area contributed by atoms with E-state index in [1.807, 2.05) is 0 Å². The van der Waals surface area contributed by atoms with Gasteiger partial charge in [-0.05, 0) is 0 Å². The highest BCUT2D eigenvalue weighted by atomic mass is 16.5. The molecule has 0 aliphatic rings. The van der Waals surface area contributed by atoms with Gasteiger partial charge in [-0.2, -0.15) is 0 Å². The summed E-state index contributed by atoms with van der Waals surface area (Å²) >= 11 is 0. The number of hydrogen-bond acceptors (Lipinski definition) is 3. The number of carbonyl (C=O) groups excluding carboxylic acids is 1. The molecule has 0 spiro atoms. The van der Waals surface area contributed by atoms with Crippen molar-refractivity contribution in [3.8, 4) is 0 Å². The lowest BCUT2D eigenvalue weighted by Gasteiger charge is -1.94. The molecule has 0 fully saturated rings. The molecule has 0 unspecified atom stereocenters. The lowest BCUT2D eigenvalue weighted by molar-refractivity contribution is 0.0602. The molecule has 0 saturated heterocycles. The van der Waals surface area contributed by atoms with Crippen LogP contribution in [-0.2, 0) is 11.8 Å². The highest BCUT2D eigenvalue weighted by molar-refractivity contribution is 5.94. The number of nitrogens with two attached hydrogens (primary N) is 1. The van der Waals surface area contributed by atoms with Crippen LogP contribution in [0.3, 0.4) is 0 Å². The van der Waals surface area contributed by atoms with Crippen LogP contribution in [0.4, 0.5) is 5.69 Å². The molecule has 0 bridgehead atoms. The van der Waals surface area contributed by atoms with Crippen LogP contribution in [0.2, 0.25) is 0 Å². The van der Waals surface area contributed by atoms with Crippen molar-refractivity contribution >= 4 is 11.7 Å². The average Bonchev–Trinajstić information content (AvgIpc) is 2.28. The molecule has 1 aromatic heterocycles. The second kappa shape index (κ2) is 2.65. The molecular formula is C7H10N2O2. The van der Waals surface area contributed by atoms with E-state index in [-0.39, 0.29) is 0 Å². The molecule has 11 heavy (non-hydrogen) atoms. The minimum absolute atomic E-state index is 0.400. The van der Waals surface area contributed by atoms with Crippen molar-refractivity contribution in [2.45, 2.75) is 0 Å². The minimum Gasteiger partial charge on any atom is -0.465 e. The van der Waals surface area contributed by atoms with Gasteiger partial charge in [-0.3, -0.25) is 0 Å². The van der Waals surface area contributed by atoms with Crippen molar-refractivity contribution in [3.63, 3.8) is 0 Å². The van der Waals surface area contributed by atoms with Gasteiger partial charge in [0.15, 0.2) is 0 Å². The molecule has 0 radical (unpaired) electrons. The zero-order chi connectivity index (χ0) is 8.43. The zero-order valence-electron chi connectivity index (χ0n) is 6.50. The predicted molar refractivity (Wildman–Crippen MR) is 41.2 cm³/mol. The molecule has 1 rings (SSSR count). The van der Waals surface area contributed by atoms with Gasteiger partial charge in [-0.15, -0.1) is 0 Å². The maximum absolute atomic E-state index is 10.9. The van der Waals surface area contributed by atoms with E-state index in [9.17, 15) is 4.79 Å². The summed E-state index contributed by atoms with van der Waals surface area (Å²) in [4.78, 5) is 10.9. The van der Waals surface area contributed by atoms with Crippen molar-refractivity contribution in [2.75, 3.05) is 12.8 Å². The van der Waals surface area contributed by atoms with Gasteiger partial charge in [-0.1, -0.05) is 0 Å². The standard InChI is InChI=1S/C7H10N2O2/c1-9-3-5(6(8)4-9)7(10)11-2/h3-4H,8H2,1-2H3. The first-order valence-corrected chi connectivity index (χ1v) is 3.15. The van der Waals surface area contributed by atoms with E-state index in [4.69, 9.17) is 5.73 Å². The van der Waals surface area contributed by atoms with Crippen LogP contribution >= 0.6 is 0 Å². The second-order valence-electron chi connectivity index (χ2n) is 2.28. The van der Waals surface area contributed by atoms with E-state index in [1.165, 1.54) is 7.11 Å².